The summed E-state index contributed by atoms with van der Waals surface area (Å²) >= 11 is 3.31. The minimum absolute atomic E-state index is 0.148. The summed E-state index contributed by atoms with van der Waals surface area (Å²) in [5.74, 6) is 0.406. The van der Waals surface area contributed by atoms with Crippen LogP contribution in [-0.4, -0.2) is 69.6 Å². The van der Waals surface area contributed by atoms with E-state index in [1.807, 2.05) is 29.2 Å². The van der Waals surface area contributed by atoms with Crippen molar-refractivity contribution in [3.63, 3.8) is 0 Å². The first-order valence-corrected chi connectivity index (χ1v) is 11.6. The number of para-hydroxylation sites is 1. The maximum absolute atomic E-state index is 12.7. The first-order valence-electron chi connectivity index (χ1n) is 9.33. The summed E-state index contributed by atoms with van der Waals surface area (Å²) in [5.41, 5.74) is 3.26. The third-order valence-electron chi connectivity index (χ3n) is 4.68. The van der Waals surface area contributed by atoms with Crippen molar-refractivity contribution in [2.75, 3.05) is 39.8 Å². The van der Waals surface area contributed by atoms with E-state index < -0.39 is 10.0 Å². The van der Waals surface area contributed by atoms with E-state index in [0.29, 0.717) is 31.9 Å². The zero-order valence-electron chi connectivity index (χ0n) is 16.5. The molecule has 1 aliphatic rings. The van der Waals surface area contributed by atoms with Crippen LogP contribution < -0.4 is 10.2 Å². The second-order valence-electron chi connectivity index (χ2n) is 6.67. The van der Waals surface area contributed by atoms with Crippen LogP contribution in [-0.2, 0) is 14.8 Å². The Kier molecular flexibility index (Phi) is 7.59. The Labute approximate surface area is 184 Å². The third-order valence-corrected chi connectivity index (χ3v) is 7.12. The van der Waals surface area contributed by atoms with Crippen LogP contribution in [0.5, 0.6) is 5.75 Å². The van der Waals surface area contributed by atoms with Gasteiger partial charge in [-0.25, -0.2) is 13.8 Å². The second kappa shape index (κ2) is 10.2. The second-order valence-corrected chi connectivity index (χ2v) is 9.52. The predicted molar refractivity (Wildman–Crippen MR) is 118 cm³/mol. The molecule has 30 heavy (non-hydrogen) atoms. The number of carbonyl (C=O) groups excluding carboxylic acids is 1. The van der Waals surface area contributed by atoms with Gasteiger partial charge in [-0.3, -0.25) is 9.69 Å². The first kappa shape index (κ1) is 22.4. The van der Waals surface area contributed by atoms with E-state index >= 15 is 0 Å². The van der Waals surface area contributed by atoms with Gasteiger partial charge in [-0.15, -0.1) is 0 Å². The van der Waals surface area contributed by atoms with Crippen molar-refractivity contribution in [2.24, 2.45) is 5.10 Å². The number of halogens is 1. The first-order chi connectivity index (χ1) is 14.4. The van der Waals surface area contributed by atoms with Gasteiger partial charge in [0.05, 0.1) is 24.8 Å². The number of rotatable bonds is 7. The Hall–Kier alpha value is -2.27. The van der Waals surface area contributed by atoms with Crippen molar-refractivity contribution < 1.29 is 17.9 Å². The summed E-state index contributed by atoms with van der Waals surface area (Å²) in [6.07, 6.45) is 1.53. The molecule has 0 spiro atoms. The summed E-state index contributed by atoms with van der Waals surface area (Å²) < 4.78 is 33.0. The van der Waals surface area contributed by atoms with E-state index in [9.17, 15) is 13.2 Å². The van der Waals surface area contributed by atoms with E-state index in [0.717, 1.165) is 10.0 Å². The molecule has 2 aromatic carbocycles. The lowest BCUT2D eigenvalue weighted by Gasteiger charge is -2.33. The van der Waals surface area contributed by atoms with Gasteiger partial charge < -0.3 is 4.74 Å². The number of hydrazone groups is 1. The van der Waals surface area contributed by atoms with Crippen molar-refractivity contribution in [2.45, 2.75) is 4.90 Å². The van der Waals surface area contributed by atoms with Crippen LogP contribution in [0.25, 0.3) is 0 Å². The average Bonchev–Trinajstić information content (AvgIpc) is 2.75. The topological polar surface area (TPSA) is 91.3 Å². The molecule has 10 heteroatoms. The van der Waals surface area contributed by atoms with Crippen LogP contribution in [0.2, 0.25) is 0 Å². The number of nitrogens with zero attached hydrogens (tertiary/aromatic N) is 3. The molecular formula is C20H23BrN4O4S. The quantitative estimate of drug-likeness (QED) is 0.468. The van der Waals surface area contributed by atoms with Crippen LogP contribution in [0.15, 0.2) is 63.0 Å². The Morgan fingerprint density at radius 3 is 2.47 bits per heavy atom. The largest absolute Gasteiger partial charge is 0.496 e. The van der Waals surface area contributed by atoms with Gasteiger partial charge in [-0.05, 0) is 36.4 Å². The number of methoxy groups -OCH3 is 1. The molecule has 2 aromatic rings. The molecule has 1 amide bonds. The zero-order chi connectivity index (χ0) is 21.6. The SMILES string of the molecule is COc1ccccc1/C=N\NC(=O)CN1CCN(S(=O)(=O)c2ccc(Br)cc2)CC1. The standard InChI is InChI=1S/C20H23BrN4O4S/c1-29-19-5-3-2-4-16(19)14-22-23-20(26)15-24-10-12-25(13-11-24)30(27,28)18-8-6-17(21)7-9-18/h2-9,14H,10-13,15H2,1H3,(H,23,26)/b22-14-. The van der Waals surface area contributed by atoms with Crippen molar-refractivity contribution in [1.29, 1.82) is 0 Å². The summed E-state index contributed by atoms with van der Waals surface area (Å²) in [4.78, 5) is 14.3. The Bertz CT molecular complexity index is 1000. The fourth-order valence-corrected chi connectivity index (χ4v) is 4.76. The highest BCUT2D eigenvalue weighted by atomic mass is 79.9. The fourth-order valence-electron chi connectivity index (χ4n) is 3.07. The smallest absolute Gasteiger partial charge is 0.254 e. The highest BCUT2D eigenvalue weighted by Crippen LogP contribution is 2.20. The summed E-state index contributed by atoms with van der Waals surface area (Å²) in [6.45, 7) is 1.75. The van der Waals surface area contributed by atoms with Crippen LogP contribution in [0.1, 0.15) is 5.56 Å². The maximum Gasteiger partial charge on any atom is 0.254 e. The Morgan fingerprint density at radius 1 is 1.13 bits per heavy atom. The minimum atomic E-state index is -3.53. The van der Waals surface area contributed by atoms with Gasteiger partial charge in [0.1, 0.15) is 5.75 Å². The average molecular weight is 495 g/mol. The Balaban J connectivity index is 1.49. The molecule has 0 unspecified atom stereocenters. The number of ether oxygens (including phenoxy) is 1. The molecule has 1 saturated heterocycles. The van der Waals surface area contributed by atoms with Crippen LogP contribution in [0.4, 0.5) is 0 Å². The molecule has 0 bridgehead atoms. The minimum Gasteiger partial charge on any atom is -0.496 e. The molecular weight excluding hydrogens is 472 g/mol. The molecule has 0 radical (unpaired) electrons. The number of nitrogens with one attached hydrogen (secondary N) is 1. The van der Waals surface area contributed by atoms with Crippen molar-refractivity contribution in [1.82, 2.24) is 14.6 Å². The number of piperazine rings is 1. The summed E-state index contributed by atoms with van der Waals surface area (Å²) in [6, 6.07) is 13.9. The molecule has 0 atom stereocenters. The van der Waals surface area contributed by atoms with Crippen molar-refractivity contribution in [3.05, 3.63) is 58.6 Å². The van der Waals surface area contributed by atoms with Crippen molar-refractivity contribution >= 4 is 38.1 Å². The van der Waals surface area contributed by atoms with Crippen LogP contribution in [0.3, 0.4) is 0 Å². The van der Waals surface area contributed by atoms with E-state index in [1.54, 1.807) is 31.4 Å². The molecule has 0 aliphatic carbocycles. The predicted octanol–water partition coefficient (Wildman–Crippen LogP) is 1.91. The van der Waals surface area contributed by atoms with Crippen molar-refractivity contribution in [3.8, 4) is 5.75 Å². The molecule has 1 fully saturated rings. The third kappa shape index (κ3) is 5.66. The normalized spacial score (nSPS) is 15.9. The van der Waals surface area contributed by atoms with Gasteiger partial charge in [0.2, 0.25) is 10.0 Å². The number of sulfonamides is 1. The maximum atomic E-state index is 12.7. The lowest BCUT2D eigenvalue weighted by atomic mass is 10.2. The highest BCUT2D eigenvalue weighted by Gasteiger charge is 2.28. The van der Waals surface area contributed by atoms with E-state index in [1.165, 1.54) is 10.5 Å². The number of carbonyl (C=O) groups is 1. The lowest BCUT2D eigenvalue weighted by molar-refractivity contribution is -0.122. The van der Waals surface area contributed by atoms with E-state index in [2.05, 4.69) is 26.5 Å². The van der Waals surface area contributed by atoms with Crippen LogP contribution >= 0.6 is 15.9 Å². The lowest BCUT2D eigenvalue weighted by Crippen LogP contribution is -2.50. The molecule has 1 aliphatic heterocycles. The molecule has 1 heterocycles. The molecule has 160 valence electrons. The summed E-state index contributed by atoms with van der Waals surface area (Å²) in [5, 5.41) is 3.98. The van der Waals surface area contributed by atoms with Gasteiger partial charge in [0, 0.05) is 36.2 Å². The molecule has 3 rings (SSSR count). The highest BCUT2D eigenvalue weighted by molar-refractivity contribution is 9.10. The molecule has 0 saturated carbocycles. The molecule has 0 aromatic heterocycles. The fraction of sp³-hybridized carbons (Fsp3) is 0.300. The van der Waals surface area contributed by atoms with Crippen LogP contribution in [0, 0.1) is 0 Å². The molecule has 8 nitrogen and oxygen atoms in total. The number of amides is 1. The van der Waals surface area contributed by atoms with Gasteiger partial charge in [0.25, 0.3) is 5.91 Å². The summed E-state index contributed by atoms with van der Waals surface area (Å²) in [7, 11) is -1.96. The number of benzene rings is 2. The Morgan fingerprint density at radius 2 is 1.80 bits per heavy atom. The van der Waals surface area contributed by atoms with E-state index in [4.69, 9.17) is 4.74 Å². The molecule has 1 N–H and O–H groups in total. The monoisotopic (exact) mass is 494 g/mol. The van der Waals surface area contributed by atoms with Gasteiger partial charge in [0.15, 0.2) is 0 Å². The number of hydrogen-bond acceptors (Lipinski definition) is 6. The number of hydrogen-bond donors (Lipinski definition) is 1. The van der Waals surface area contributed by atoms with E-state index in [-0.39, 0.29) is 17.3 Å². The van der Waals surface area contributed by atoms with Gasteiger partial charge in [-0.1, -0.05) is 28.1 Å². The van der Waals surface area contributed by atoms with Gasteiger partial charge >= 0.3 is 0 Å². The zero-order valence-corrected chi connectivity index (χ0v) is 18.9. The van der Waals surface area contributed by atoms with Gasteiger partial charge in [-0.2, -0.15) is 9.41 Å².